The van der Waals surface area contributed by atoms with E-state index in [0.717, 1.165) is 24.1 Å². The van der Waals surface area contributed by atoms with Gasteiger partial charge in [0.05, 0.1) is 11.6 Å². The standard InChI is InChI=1S/C25H20Cl2F2N2O/c26-18-6-10-20(11-7-18)30-22-5-2-14-25(22,17-4-1-3-16(15-17)23(28)29)31(24(30)32)21-12-8-19(27)9-13-21/h1,3-4,6-13,15,22-23H,2,5,14H2. The first-order chi connectivity index (χ1) is 15.4. The average Bonchev–Trinajstić information content (AvgIpc) is 3.31. The van der Waals surface area contributed by atoms with Crippen LogP contribution in [0.3, 0.4) is 0 Å². The van der Waals surface area contributed by atoms with Crippen molar-refractivity contribution in [1.82, 2.24) is 0 Å². The summed E-state index contributed by atoms with van der Waals surface area (Å²) < 4.78 is 27.2. The molecule has 1 saturated carbocycles. The summed E-state index contributed by atoms with van der Waals surface area (Å²) in [5, 5.41) is 1.14. The third-order valence-electron chi connectivity index (χ3n) is 6.52. The first-order valence-corrected chi connectivity index (χ1v) is 11.2. The van der Waals surface area contributed by atoms with Crippen molar-refractivity contribution in [3.8, 4) is 0 Å². The minimum atomic E-state index is -2.58. The summed E-state index contributed by atoms with van der Waals surface area (Å²) >= 11 is 12.2. The molecule has 1 aliphatic heterocycles. The fourth-order valence-corrected chi connectivity index (χ4v) is 5.47. The summed E-state index contributed by atoms with van der Waals surface area (Å²) in [6, 6.07) is 20.3. The molecule has 164 valence electrons. The number of urea groups is 1. The first kappa shape index (κ1) is 21.2. The van der Waals surface area contributed by atoms with Gasteiger partial charge in [-0.1, -0.05) is 41.4 Å². The Morgan fingerprint density at radius 3 is 2.16 bits per heavy atom. The summed E-state index contributed by atoms with van der Waals surface area (Å²) in [7, 11) is 0. The highest BCUT2D eigenvalue weighted by Crippen LogP contribution is 2.54. The van der Waals surface area contributed by atoms with E-state index < -0.39 is 12.0 Å². The van der Waals surface area contributed by atoms with Crippen LogP contribution >= 0.6 is 23.2 Å². The molecule has 3 nitrogen and oxygen atoms in total. The first-order valence-electron chi connectivity index (χ1n) is 10.4. The molecule has 0 N–H and O–H groups in total. The molecule has 5 rings (SSSR count). The van der Waals surface area contributed by atoms with Crippen molar-refractivity contribution in [3.05, 3.63) is 94.0 Å². The van der Waals surface area contributed by atoms with Crippen LogP contribution in [0.2, 0.25) is 10.0 Å². The topological polar surface area (TPSA) is 23.6 Å². The second-order valence-corrected chi connectivity index (χ2v) is 9.07. The summed E-state index contributed by atoms with van der Waals surface area (Å²) in [6.07, 6.45) is -0.287. The van der Waals surface area contributed by atoms with Gasteiger partial charge in [0.1, 0.15) is 0 Å². The maximum atomic E-state index is 13.9. The molecule has 1 aliphatic carbocycles. The number of anilines is 2. The Bertz CT molecular complexity index is 1150. The number of alkyl halides is 2. The Hall–Kier alpha value is -2.63. The highest BCUT2D eigenvalue weighted by molar-refractivity contribution is 6.31. The lowest BCUT2D eigenvalue weighted by Gasteiger charge is -2.38. The average molecular weight is 473 g/mol. The molecular formula is C25H20Cl2F2N2O. The minimum Gasteiger partial charge on any atom is -0.288 e. The van der Waals surface area contributed by atoms with Crippen LogP contribution in [0, 0.1) is 0 Å². The van der Waals surface area contributed by atoms with E-state index in [4.69, 9.17) is 23.2 Å². The minimum absolute atomic E-state index is 0.0454. The van der Waals surface area contributed by atoms with Gasteiger partial charge in [-0.05, 0) is 79.4 Å². The van der Waals surface area contributed by atoms with Gasteiger partial charge in [0, 0.05) is 27.0 Å². The number of benzene rings is 3. The van der Waals surface area contributed by atoms with Crippen LogP contribution in [0.25, 0.3) is 0 Å². The molecule has 3 aromatic carbocycles. The molecule has 7 heteroatoms. The van der Waals surface area contributed by atoms with Crippen LogP contribution in [0.4, 0.5) is 25.0 Å². The maximum absolute atomic E-state index is 13.9. The molecule has 32 heavy (non-hydrogen) atoms. The SMILES string of the molecule is O=C1N(c2ccc(Cl)cc2)C2CCCC2(c2cccc(C(F)F)c2)N1c1ccc(Cl)cc1. The largest absolute Gasteiger partial charge is 0.330 e. The van der Waals surface area contributed by atoms with Gasteiger partial charge in [0.15, 0.2) is 0 Å². The molecule has 0 spiro atoms. The van der Waals surface area contributed by atoms with Crippen molar-refractivity contribution in [2.45, 2.75) is 37.3 Å². The predicted octanol–water partition coefficient (Wildman–Crippen LogP) is 7.83. The fourth-order valence-electron chi connectivity index (χ4n) is 5.22. The van der Waals surface area contributed by atoms with Crippen LogP contribution in [0.1, 0.15) is 36.8 Å². The quantitative estimate of drug-likeness (QED) is 0.379. The molecule has 0 aromatic heterocycles. The molecule has 2 fully saturated rings. The van der Waals surface area contributed by atoms with Crippen molar-refractivity contribution in [1.29, 1.82) is 0 Å². The van der Waals surface area contributed by atoms with Crippen LogP contribution < -0.4 is 9.80 Å². The smallest absolute Gasteiger partial charge is 0.288 e. The number of rotatable bonds is 4. The van der Waals surface area contributed by atoms with E-state index in [2.05, 4.69) is 0 Å². The Kier molecular flexibility index (Phi) is 5.34. The van der Waals surface area contributed by atoms with Crippen molar-refractivity contribution in [2.24, 2.45) is 0 Å². The Morgan fingerprint density at radius 1 is 0.906 bits per heavy atom. The van der Waals surface area contributed by atoms with Crippen LogP contribution in [-0.4, -0.2) is 12.1 Å². The third kappa shape index (κ3) is 3.26. The van der Waals surface area contributed by atoms with Gasteiger partial charge in [-0.15, -0.1) is 0 Å². The van der Waals surface area contributed by atoms with Gasteiger partial charge in [-0.2, -0.15) is 0 Å². The number of hydrogen-bond donors (Lipinski definition) is 0. The normalized spacial score (nSPS) is 22.7. The van der Waals surface area contributed by atoms with Gasteiger partial charge >= 0.3 is 6.03 Å². The summed E-state index contributed by atoms with van der Waals surface area (Å²) in [5.74, 6) is 0. The predicted molar refractivity (Wildman–Crippen MR) is 124 cm³/mol. The molecule has 2 amide bonds. The van der Waals surface area contributed by atoms with E-state index in [1.807, 2.05) is 18.2 Å². The maximum Gasteiger partial charge on any atom is 0.330 e. The zero-order chi connectivity index (χ0) is 22.5. The Balaban J connectivity index is 1.72. The number of carbonyl (C=O) groups is 1. The lowest BCUT2D eigenvalue weighted by Crippen LogP contribution is -2.46. The zero-order valence-corrected chi connectivity index (χ0v) is 18.5. The lowest BCUT2D eigenvalue weighted by atomic mass is 9.83. The van der Waals surface area contributed by atoms with Crippen molar-refractivity contribution in [3.63, 3.8) is 0 Å². The zero-order valence-electron chi connectivity index (χ0n) is 17.0. The van der Waals surface area contributed by atoms with E-state index >= 15 is 0 Å². The second-order valence-electron chi connectivity index (χ2n) is 8.20. The number of halogens is 4. The number of nitrogens with zero attached hydrogens (tertiary/aromatic N) is 2. The van der Waals surface area contributed by atoms with E-state index in [0.29, 0.717) is 22.2 Å². The highest BCUT2D eigenvalue weighted by Gasteiger charge is 2.61. The van der Waals surface area contributed by atoms with Crippen molar-refractivity contribution in [2.75, 3.05) is 9.80 Å². The molecule has 1 heterocycles. The number of amides is 2. The van der Waals surface area contributed by atoms with Crippen LogP contribution in [-0.2, 0) is 5.54 Å². The van der Waals surface area contributed by atoms with Crippen LogP contribution in [0.15, 0.2) is 72.8 Å². The summed E-state index contributed by atoms with van der Waals surface area (Å²) in [6.45, 7) is 0. The van der Waals surface area contributed by atoms with Gasteiger partial charge in [0.25, 0.3) is 6.43 Å². The second kappa shape index (κ2) is 8.05. The monoisotopic (exact) mass is 472 g/mol. The van der Waals surface area contributed by atoms with E-state index in [9.17, 15) is 13.6 Å². The van der Waals surface area contributed by atoms with Gasteiger partial charge in [-0.3, -0.25) is 9.80 Å². The highest BCUT2D eigenvalue weighted by atomic mass is 35.5. The van der Waals surface area contributed by atoms with E-state index in [-0.39, 0.29) is 17.6 Å². The van der Waals surface area contributed by atoms with Gasteiger partial charge in [-0.25, -0.2) is 13.6 Å². The third-order valence-corrected chi connectivity index (χ3v) is 7.03. The fraction of sp³-hybridized carbons (Fsp3) is 0.240. The molecule has 3 aromatic rings. The number of hydrogen-bond acceptors (Lipinski definition) is 1. The lowest BCUT2D eigenvalue weighted by molar-refractivity contribution is 0.151. The molecular weight excluding hydrogens is 453 g/mol. The molecule has 2 aliphatic rings. The van der Waals surface area contributed by atoms with Crippen molar-refractivity contribution >= 4 is 40.6 Å². The molecule has 0 radical (unpaired) electrons. The summed E-state index contributed by atoms with van der Waals surface area (Å²) in [5.41, 5.74) is 1.33. The Labute approximate surface area is 195 Å². The van der Waals surface area contributed by atoms with E-state index in [1.54, 1.807) is 58.3 Å². The van der Waals surface area contributed by atoms with Crippen molar-refractivity contribution < 1.29 is 13.6 Å². The Morgan fingerprint density at radius 2 is 1.53 bits per heavy atom. The van der Waals surface area contributed by atoms with Gasteiger partial charge < -0.3 is 0 Å². The summed E-state index contributed by atoms with van der Waals surface area (Å²) in [4.78, 5) is 17.5. The molecule has 2 atom stereocenters. The number of fused-ring (bicyclic) bond motifs is 1. The van der Waals surface area contributed by atoms with Crippen LogP contribution in [0.5, 0.6) is 0 Å². The molecule has 0 bridgehead atoms. The molecule has 2 unspecified atom stereocenters. The van der Waals surface area contributed by atoms with E-state index in [1.165, 1.54) is 6.07 Å². The number of carbonyl (C=O) groups excluding carboxylic acids is 1. The van der Waals surface area contributed by atoms with Gasteiger partial charge in [0.2, 0.25) is 0 Å². The molecule has 1 saturated heterocycles.